The van der Waals surface area contributed by atoms with Gasteiger partial charge in [0.15, 0.2) is 0 Å². The molecule has 0 unspecified atom stereocenters. The van der Waals surface area contributed by atoms with Gasteiger partial charge in [-0.25, -0.2) is 4.79 Å². The van der Waals surface area contributed by atoms with Gasteiger partial charge < -0.3 is 9.47 Å². The first-order valence-corrected chi connectivity index (χ1v) is 5.84. The lowest BCUT2D eigenvalue weighted by Gasteiger charge is -2.10. The van der Waals surface area contributed by atoms with E-state index in [-0.39, 0.29) is 18.8 Å². The van der Waals surface area contributed by atoms with Gasteiger partial charge in [-0.15, -0.1) is 0 Å². The zero-order valence-electron chi connectivity index (χ0n) is 11.1. The van der Waals surface area contributed by atoms with Gasteiger partial charge in [-0.3, -0.25) is 0 Å². The lowest BCUT2D eigenvalue weighted by atomic mass is 10.0. The number of carbonyl (C=O) groups is 1. The quantitative estimate of drug-likeness (QED) is 0.363. The number of methoxy groups -OCH3 is 1. The van der Waals surface area contributed by atoms with Crippen molar-refractivity contribution in [3.8, 4) is 6.07 Å². The van der Waals surface area contributed by atoms with Crippen molar-refractivity contribution in [1.82, 2.24) is 0 Å². The van der Waals surface area contributed by atoms with E-state index in [2.05, 4.69) is 4.74 Å². The highest BCUT2D eigenvalue weighted by molar-refractivity contribution is 5.98. The van der Waals surface area contributed by atoms with Crippen LogP contribution < -0.4 is 0 Å². The Kier molecular flexibility index (Phi) is 5.93. The topological polar surface area (TPSA) is 59.3 Å². The van der Waals surface area contributed by atoms with Crippen LogP contribution in [0.4, 0.5) is 13.2 Å². The molecule has 0 saturated carbocycles. The fourth-order valence-corrected chi connectivity index (χ4v) is 1.47. The van der Waals surface area contributed by atoms with Crippen molar-refractivity contribution < 1.29 is 27.4 Å². The fraction of sp³-hybridized carbons (Fsp3) is 0.286. The Hall–Kier alpha value is -2.33. The molecule has 0 aromatic heterocycles. The van der Waals surface area contributed by atoms with Crippen LogP contribution in [0.25, 0.3) is 6.08 Å². The molecule has 4 nitrogen and oxygen atoms in total. The van der Waals surface area contributed by atoms with Crippen LogP contribution in [0.2, 0.25) is 0 Å². The summed E-state index contributed by atoms with van der Waals surface area (Å²) in [7, 11) is 1.40. The van der Waals surface area contributed by atoms with Gasteiger partial charge in [0.05, 0.1) is 12.2 Å². The van der Waals surface area contributed by atoms with E-state index in [4.69, 9.17) is 10.00 Å². The number of ether oxygens (including phenoxy) is 2. The van der Waals surface area contributed by atoms with Crippen LogP contribution in [0.5, 0.6) is 0 Å². The van der Waals surface area contributed by atoms with Gasteiger partial charge in [0.1, 0.15) is 18.2 Å². The SMILES string of the molecule is COCCOC(=O)/C(C#N)=C/c1ccccc1C(F)(F)F. The highest BCUT2D eigenvalue weighted by Gasteiger charge is 2.32. The zero-order chi connectivity index (χ0) is 15.9. The van der Waals surface area contributed by atoms with Crippen molar-refractivity contribution >= 4 is 12.0 Å². The Labute approximate surface area is 119 Å². The molecule has 21 heavy (non-hydrogen) atoms. The first-order valence-electron chi connectivity index (χ1n) is 5.84. The summed E-state index contributed by atoms with van der Waals surface area (Å²) < 4.78 is 47.8. The van der Waals surface area contributed by atoms with E-state index in [9.17, 15) is 18.0 Å². The van der Waals surface area contributed by atoms with Gasteiger partial charge in [-0.05, 0) is 17.7 Å². The summed E-state index contributed by atoms with van der Waals surface area (Å²) in [6.07, 6.45) is -3.72. The molecule has 0 aliphatic heterocycles. The predicted octanol–water partition coefficient (Wildman–Crippen LogP) is 2.80. The number of hydrogen-bond acceptors (Lipinski definition) is 4. The number of benzene rings is 1. The first kappa shape index (κ1) is 16.7. The summed E-state index contributed by atoms with van der Waals surface area (Å²) in [5.41, 5.74) is -1.71. The Morgan fingerprint density at radius 3 is 2.57 bits per heavy atom. The molecule has 1 aromatic rings. The molecule has 0 aliphatic carbocycles. The zero-order valence-corrected chi connectivity index (χ0v) is 11.1. The van der Waals surface area contributed by atoms with Gasteiger partial charge in [0.25, 0.3) is 0 Å². The Bertz CT molecular complexity index is 574. The molecule has 112 valence electrons. The third-order valence-electron chi connectivity index (χ3n) is 2.43. The third kappa shape index (κ3) is 4.93. The molecule has 1 rings (SSSR count). The summed E-state index contributed by atoms with van der Waals surface area (Å²) in [5.74, 6) is -0.994. The fourth-order valence-electron chi connectivity index (χ4n) is 1.47. The van der Waals surface area contributed by atoms with Crippen molar-refractivity contribution in [1.29, 1.82) is 5.26 Å². The normalized spacial score (nSPS) is 11.9. The minimum atomic E-state index is -4.58. The van der Waals surface area contributed by atoms with Crippen LogP contribution in [0.15, 0.2) is 29.8 Å². The van der Waals surface area contributed by atoms with Crippen LogP contribution in [0, 0.1) is 11.3 Å². The number of nitrogens with zero attached hydrogens (tertiary/aromatic N) is 1. The minimum absolute atomic E-state index is 0.0880. The van der Waals surface area contributed by atoms with E-state index in [1.807, 2.05) is 0 Å². The molecule has 0 aliphatic rings. The third-order valence-corrected chi connectivity index (χ3v) is 2.43. The van der Waals surface area contributed by atoms with Gasteiger partial charge in [-0.1, -0.05) is 18.2 Å². The van der Waals surface area contributed by atoms with Crippen LogP contribution in [-0.2, 0) is 20.4 Å². The maximum atomic E-state index is 12.8. The van der Waals surface area contributed by atoms with Crippen molar-refractivity contribution in [2.45, 2.75) is 6.18 Å². The molecule has 0 amide bonds. The molecular weight excluding hydrogens is 287 g/mol. The van der Waals surface area contributed by atoms with Crippen LogP contribution >= 0.6 is 0 Å². The molecule has 0 saturated heterocycles. The molecule has 0 atom stereocenters. The van der Waals surface area contributed by atoms with E-state index >= 15 is 0 Å². The second-order valence-electron chi connectivity index (χ2n) is 3.88. The van der Waals surface area contributed by atoms with Crippen LogP contribution in [0.1, 0.15) is 11.1 Å². The number of esters is 1. The maximum absolute atomic E-state index is 12.8. The van der Waals surface area contributed by atoms with E-state index < -0.39 is 23.3 Å². The smallest absolute Gasteiger partial charge is 0.416 e. The number of hydrogen-bond donors (Lipinski definition) is 0. The molecule has 0 radical (unpaired) electrons. The number of alkyl halides is 3. The first-order chi connectivity index (χ1) is 9.90. The highest BCUT2D eigenvalue weighted by Crippen LogP contribution is 2.32. The number of carbonyl (C=O) groups excluding carboxylic acids is 1. The molecule has 0 fully saturated rings. The Morgan fingerprint density at radius 1 is 1.33 bits per heavy atom. The Morgan fingerprint density at radius 2 is 2.00 bits per heavy atom. The second-order valence-corrected chi connectivity index (χ2v) is 3.88. The molecule has 0 heterocycles. The molecule has 0 bridgehead atoms. The highest BCUT2D eigenvalue weighted by atomic mass is 19.4. The Balaban J connectivity index is 3.05. The van der Waals surface area contributed by atoms with Gasteiger partial charge in [-0.2, -0.15) is 18.4 Å². The van der Waals surface area contributed by atoms with Crippen molar-refractivity contribution in [3.05, 3.63) is 41.0 Å². The van der Waals surface area contributed by atoms with Crippen LogP contribution in [-0.4, -0.2) is 26.3 Å². The molecule has 1 aromatic carbocycles. The van der Waals surface area contributed by atoms with Crippen molar-refractivity contribution in [2.24, 2.45) is 0 Å². The lowest BCUT2D eigenvalue weighted by molar-refractivity contribution is -0.140. The average molecular weight is 299 g/mol. The summed E-state index contributed by atoms with van der Waals surface area (Å²) >= 11 is 0. The monoisotopic (exact) mass is 299 g/mol. The van der Waals surface area contributed by atoms with E-state index in [1.54, 1.807) is 0 Å². The van der Waals surface area contributed by atoms with E-state index in [0.717, 1.165) is 12.1 Å². The van der Waals surface area contributed by atoms with Gasteiger partial charge in [0, 0.05) is 7.11 Å². The summed E-state index contributed by atoms with van der Waals surface area (Å²) in [6, 6.07) is 6.18. The van der Waals surface area contributed by atoms with Gasteiger partial charge >= 0.3 is 12.1 Å². The van der Waals surface area contributed by atoms with E-state index in [0.29, 0.717) is 0 Å². The summed E-state index contributed by atoms with van der Waals surface area (Å²) in [5, 5.41) is 8.88. The van der Waals surface area contributed by atoms with Crippen molar-refractivity contribution in [3.63, 3.8) is 0 Å². The second kappa shape index (κ2) is 7.45. The largest absolute Gasteiger partial charge is 0.459 e. The maximum Gasteiger partial charge on any atom is 0.416 e. The summed E-state index contributed by atoms with van der Waals surface area (Å²) in [4.78, 5) is 11.6. The van der Waals surface area contributed by atoms with E-state index in [1.165, 1.54) is 31.4 Å². The molecule has 7 heteroatoms. The average Bonchev–Trinajstić information content (AvgIpc) is 2.44. The molecular formula is C14H12F3NO3. The minimum Gasteiger partial charge on any atom is -0.459 e. The number of rotatable bonds is 5. The number of nitriles is 1. The van der Waals surface area contributed by atoms with Crippen LogP contribution in [0.3, 0.4) is 0 Å². The summed E-state index contributed by atoms with van der Waals surface area (Å²) in [6.45, 7) is 0.0405. The predicted molar refractivity (Wildman–Crippen MR) is 67.9 cm³/mol. The molecule has 0 spiro atoms. The lowest BCUT2D eigenvalue weighted by Crippen LogP contribution is -2.12. The van der Waals surface area contributed by atoms with Crippen molar-refractivity contribution in [2.75, 3.05) is 20.3 Å². The van der Waals surface area contributed by atoms with Gasteiger partial charge in [0.2, 0.25) is 0 Å². The standard InChI is InChI=1S/C14H12F3NO3/c1-20-6-7-21-13(19)11(9-18)8-10-4-2-3-5-12(10)14(15,16)17/h2-5,8H,6-7H2,1H3/b11-8+. The number of halogens is 3. The molecule has 0 N–H and O–H groups in total.